The molecule has 158 valence electrons. The van der Waals surface area contributed by atoms with Crippen LogP contribution < -0.4 is 5.56 Å². The van der Waals surface area contributed by atoms with E-state index in [1.54, 1.807) is 23.6 Å². The molecule has 0 aliphatic rings. The molecular weight excluding hydrogens is 404 g/mol. The Morgan fingerprint density at radius 3 is 2.67 bits per heavy atom. The van der Waals surface area contributed by atoms with Crippen molar-refractivity contribution in [1.82, 2.24) is 9.55 Å². The number of benzene rings is 1. The number of fused-ring (bicyclic) bond motifs is 1. The number of hydrogen-bond donors (Lipinski definition) is 0. The van der Waals surface area contributed by atoms with Gasteiger partial charge in [0, 0.05) is 5.38 Å². The lowest BCUT2D eigenvalue weighted by Crippen LogP contribution is -2.22. The van der Waals surface area contributed by atoms with Gasteiger partial charge in [-0.3, -0.25) is 9.36 Å². The summed E-state index contributed by atoms with van der Waals surface area (Å²) in [5.41, 5.74) is 1.11. The highest BCUT2D eigenvalue weighted by atomic mass is 32.1. The summed E-state index contributed by atoms with van der Waals surface area (Å²) in [5, 5.41) is 1.88. The molecule has 1 aromatic carbocycles. The first-order chi connectivity index (χ1) is 14.5. The fourth-order valence-electron chi connectivity index (χ4n) is 2.89. The van der Waals surface area contributed by atoms with Crippen molar-refractivity contribution in [2.45, 2.75) is 39.7 Å². The molecule has 3 rings (SSSR count). The minimum Gasteiger partial charge on any atom is -0.462 e. The van der Waals surface area contributed by atoms with E-state index in [-0.39, 0.29) is 23.1 Å². The van der Waals surface area contributed by atoms with Gasteiger partial charge in [0.2, 0.25) is 0 Å². The van der Waals surface area contributed by atoms with E-state index >= 15 is 0 Å². The summed E-state index contributed by atoms with van der Waals surface area (Å²) in [6.45, 7) is 4.84. The van der Waals surface area contributed by atoms with Crippen molar-refractivity contribution in [3.63, 3.8) is 0 Å². The molecule has 0 radical (unpaired) electrons. The van der Waals surface area contributed by atoms with Gasteiger partial charge in [0.1, 0.15) is 4.83 Å². The topological polar surface area (TPSA) is 87.5 Å². The molecule has 0 amide bonds. The average Bonchev–Trinajstić information content (AvgIpc) is 3.19. The number of hydrogen-bond acceptors (Lipinski definition) is 7. The zero-order chi connectivity index (χ0) is 21.5. The van der Waals surface area contributed by atoms with Gasteiger partial charge < -0.3 is 9.47 Å². The van der Waals surface area contributed by atoms with Crippen LogP contribution in [0.15, 0.2) is 40.8 Å². The van der Waals surface area contributed by atoms with Gasteiger partial charge >= 0.3 is 11.9 Å². The maximum Gasteiger partial charge on any atom is 0.339 e. The summed E-state index contributed by atoms with van der Waals surface area (Å²) < 4.78 is 11.9. The van der Waals surface area contributed by atoms with E-state index in [0.29, 0.717) is 23.6 Å². The smallest absolute Gasteiger partial charge is 0.339 e. The van der Waals surface area contributed by atoms with Crippen LogP contribution in [0.4, 0.5) is 0 Å². The predicted molar refractivity (Wildman–Crippen MR) is 115 cm³/mol. The first-order valence-corrected chi connectivity index (χ1v) is 10.8. The van der Waals surface area contributed by atoms with Crippen LogP contribution in [-0.4, -0.2) is 34.7 Å². The summed E-state index contributed by atoms with van der Waals surface area (Å²) in [7, 11) is 0. The van der Waals surface area contributed by atoms with Crippen molar-refractivity contribution in [2.75, 3.05) is 13.2 Å². The van der Waals surface area contributed by atoms with Crippen LogP contribution in [0.25, 0.3) is 10.2 Å². The second-order valence-electron chi connectivity index (χ2n) is 6.83. The van der Waals surface area contributed by atoms with Crippen LogP contribution in [0.5, 0.6) is 0 Å². The van der Waals surface area contributed by atoms with E-state index in [1.807, 2.05) is 19.9 Å². The van der Waals surface area contributed by atoms with Crippen LogP contribution in [0.1, 0.15) is 59.4 Å². The Morgan fingerprint density at radius 2 is 1.90 bits per heavy atom. The molecule has 0 fully saturated rings. The average molecular weight is 429 g/mol. The lowest BCUT2D eigenvalue weighted by molar-refractivity contribution is 0.0494. The molecule has 2 aromatic heterocycles. The number of ether oxygens (including phenoxy) is 2. The minimum atomic E-state index is -0.507. The van der Waals surface area contributed by atoms with Gasteiger partial charge in [-0.05, 0) is 30.5 Å². The van der Waals surface area contributed by atoms with Crippen LogP contribution in [0.3, 0.4) is 0 Å². The lowest BCUT2D eigenvalue weighted by Gasteiger charge is -2.08. The van der Waals surface area contributed by atoms with E-state index in [2.05, 4.69) is 4.98 Å². The Bertz CT molecular complexity index is 1100. The normalized spacial score (nSPS) is 10.9. The first-order valence-electron chi connectivity index (χ1n) is 9.95. The maximum atomic E-state index is 13.0. The van der Waals surface area contributed by atoms with E-state index < -0.39 is 11.9 Å². The largest absolute Gasteiger partial charge is 0.462 e. The molecule has 7 nitrogen and oxygen atoms in total. The van der Waals surface area contributed by atoms with Crippen molar-refractivity contribution in [3.05, 3.63) is 63.0 Å². The summed E-state index contributed by atoms with van der Waals surface area (Å²) >= 11 is 1.24. The molecule has 2 heterocycles. The van der Waals surface area contributed by atoms with Crippen molar-refractivity contribution in [3.8, 4) is 0 Å². The monoisotopic (exact) mass is 428 g/mol. The molecule has 0 atom stereocenters. The Hall–Kier alpha value is -3.00. The van der Waals surface area contributed by atoms with E-state index in [9.17, 15) is 14.4 Å². The number of aromatic nitrogens is 2. The van der Waals surface area contributed by atoms with E-state index in [0.717, 1.165) is 24.8 Å². The van der Waals surface area contributed by atoms with Crippen LogP contribution in [-0.2, 0) is 16.0 Å². The van der Waals surface area contributed by atoms with Gasteiger partial charge in [-0.25, -0.2) is 14.6 Å². The summed E-state index contributed by atoms with van der Waals surface area (Å²) in [4.78, 5) is 42.3. The van der Waals surface area contributed by atoms with Gasteiger partial charge in [0.25, 0.3) is 5.56 Å². The zero-order valence-electron chi connectivity index (χ0n) is 17.1. The molecule has 0 spiro atoms. The van der Waals surface area contributed by atoms with Gasteiger partial charge in [-0.2, -0.15) is 0 Å². The Kier molecular flexibility index (Phi) is 7.35. The first kappa shape index (κ1) is 21.7. The maximum absolute atomic E-state index is 13.0. The molecule has 0 aliphatic heterocycles. The molecule has 3 aromatic rings. The summed E-state index contributed by atoms with van der Waals surface area (Å²) in [6.07, 6.45) is 3.89. The highest BCUT2D eigenvalue weighted by Gasteiger charge is 2.19. The standard InChI is InChI=1S/C22H24N2O5S/c1-3-5-10-29-22(27)17-13-30-19-18(17)20(25)24(14-23-19)12-15-7-6-8-16(11-15)21(26)28-9-4-2/h6-8,11,13-14H,3-5,9-10,12H2,1-2H3. The summed E-state index contributed by atoms with van der Waals surface area (Å²) in [5.74, 6) is -0.901. The van der Waals surface area contributed by atoms with Gasteiger partial charge in [0.05, 0.1) is 42.6 Å². The molecule has 0 bridgehead atoms. The third-order valence-electron chi connectivity index (χ3n) is 4.46. The number of carbonyl (C=O) groups is 2. The molecule has 30 heavy (non-hydrogen) atoms. The van der Waals surface area contributed by atoms with Crippen LogP contribution in [0, 0.1) is 0 Å². The number of thiophene rings is 1. The number of rotatable bonds is 9. The van der Waals surface area contributed by atoms with Crippen molar-refractivity contribution in [2.24, 2.45) is 0 Å². The second-order valence-corrected chi connectivity index (χ2v) is 7.69. The predicted octanol–water partition coefficient (Wildman–Crippen LogP) is 4.03. The molecule has 0 aliphatic carbocycles. The molecule has 0 saturated heterocycles. The van der Waals surface area contributed by atoms with Gasteiger partial charge in [-0.15, -0.1) is 11.3 Å². The zero-order valence-corrected chi connectivity index (χ0v) is 17.9. The number of nitrogens with zero attached hydrogens (tertiary/aromatic N) is 2. The third-order valence-corrected chi connectivity index (χ3v) is 5.35. The lowest BCUT2D eigenvalue weighted by atomic mass is 10.1. The second kappa shape index (κ2) is 10.2. The quantitative estimate of drug-likeness (QED) is 0.378. The van der Waals surface area contributed by atoms with E-state index in [1.165, 1.54) is 22.2 Å². The molecule has 8 heteroatoms. The van der Waals surface area contributed by atoms with Crippen molar-refractivity contribution >= 4 is 33.5 Å². The van der Waals surface area contributed by atoms with Gasteiger partial charge in [-0.1, -0.05) is 32.4 Å². The molecular formula is C22H24N2O5S. The minimum absolute atomic E-state index is 0.219. The Labute approximate surface area is 178 Å². The van der Waals surface area contributed by atoms with Gasteiger partial charge in [0.15, 0.2) is 0 Å². The molecule has 0 N–H and O–H groups in total. The number of carbonyl (C=O) groups excluding carboxylic acids is 2. The number of esters is 2. The van der Waals surface area contributed by atoms with Crippen LogP contribution in [0.2, 0.25) is 0 Å². The highest BCUT2D eigenvalue weighted by molar-refractivity contribution is 7.17. The Balaban J connectivity index is 1.86. The fraction of sp³-hybridized carbons (Fsp3) is 0.364. The van der Waals surface area contributed by atoms with Crippen molar-refractivity contribution in [1.29, 1.82) is 0 Å². The van der Waals surface area contributed by atoms with Crippen LogP contribution >= 0.6 is 11.3 Å². The van der Waals surface area contributed by atoms with E-state index in [4.69, 9.17) is 9.47 Å². The SMILES string of the molecule is CCCCOC(=O)c1csc2ncn(Cc3cccc(C(=O)OCCC)c3)c(=O)c12. The number of unbranched alkanes of at least 4 members (excludes halogenated alkanes) is 1. The molecule has 0 saturated carbocycles. The fourth-order valence-corrected chi connectivity index (χ4v) is 3.76. The summed E-state index contributed by atoms with van der Waals surface area (Å²) in [6, 6.07) is 6.94. The highest BCUT2D eigenvalue weighted by Crippen LogP contribution is 2.22. The molecule has 0 unspecified atom stereocenters. The Morgan fingerprint density at radius 1 is 1.10 bits per heavy atom. The van der Waals surface area contributed by atoms with Crippen molar-refractivity contribution < 1.29 is 19.1 Å². The third kappa shape index (κ3) is 4.94.